The number of nitrogens with two attached hydrogens (primary N) is 2. The number of amides is 2. The first-order valence-electron chi connectivity index (χ1n) is 5.26. The molecule has 0 unspecified atom stereocenters. The second kappa shape index (κ2) is 5.94. The zero-order chi connectivity index (χ0) is 12.8. The number of nitrogens with zero attached hydrogens (tertiary/aromatic N) is 4. The standard InChI is InChI=1S/C9H16N6O2/c1-2-14(6-8(11)16)9(17)7-5-15(4-3-10)13-12-7/h5H,2-4,6,10H2,1H3,(H2,11,16). The summed E-state index contributed by atoms with van der Waals surface area (Å²) in [7, 11) is 0. The Morgan fingerprint density at radius 2 is 2.24 bits per heavy atom. The Morgan fingerprint density at radius 1 is 1.53 bits per heavy atom. The Bertz CT molecular complexity index is 402. The van der Waals surface area contributed by atoms with Crippen LogP contribution in [0.3, 0.4) is 0 Å². The summed E-state index contributed by atoms with van der Waals surface area (Å²) in [6, 6.07) is 0. The first kappa shape index (κ1) is 13.1. The van der Waals surface area contributed by atoms with E-state index in [-0.39, 0.29) is 18.1 Å². The van der Waals surface area contributed by atoms with Gasteiger partial charge in [0.25, 0.3) is 5.91 Å². The highest BCUT2D eigenvalue weighted by Gasteiger charge is 2.19. The van der Waals surface area contributed by atoms with E-state index in [9.17, 15) is 9.59 Å². The first-order chi connectivity index (χ1) is 8.08. The predicted molar refractivity (Wildman–Crippen MR) is 59.8 cm³/mol. The monoisotopic (exact) mass is 240 g/mol. The highest BCUT2D eigenvalue weighted by atomic mass is 16.2. The van der Waals surface area contributed by atoms with Crippen LogP contribution in [0, 0.1) is 0 Å². The van der Waals surface area contributed by atoms with Crippen molar-refractivity contribution >= 4 is 11.8 Å². The minimum Gasteiger partial charge on any atom is -0.368 e. The third-order valence-electron chi connectivity index (χ3n) is 2.13. The lowest BCUT2D eigenvalue weighted by atomic mass is 10.3. The number of hydrogen-bond donors (Lipinski definition) is 2. The summed E-state index contributed by atoms with van der Waals surface area (Å²) in [4.78, 5) is 24.0. The molecule has 1 rings (SSSR count). The van der Waals surface area contributed by atoms with Crippen LogP contribution in [0.5, 0.6) is 0 Å². The Kier molecular flexibility index (Phi) is 4.58. The summed E-state index contributed by atoms with van der Waals surface area (Å²) in [5.41, 5.74) is 10.6. The summed E-state index contributed by atoms with van der Waals surface area (Å²) < 4.78 is 1.48. The molecule has 2 amide bonds. The van der Waals surface area contributed by atoms with E-state index in [1.54, 1.807) is 6.92 Å². The molecule has 17 heavy (non-hydrogen) atoms. The Balaban J connectivity index is 2.75. The molecule has 0 radical (unpaired) electrons. The molecule has 8 heteroatoms. The maximum atomic E-state index is 11.9. The van der Waals surface area contributed by atoms with Crippen molar-refractivity contribution in [3.05, 3.63) is 11.9 Å². The molecular weight excluding hydrogens is 224 g/mol. The Morgan fingerprint density at radius 3 is 2.76 bits per heavy atom. The molecule has 0 aliphatic rings. The topological polar surface area (TPSA) is 120 Å². The molecule has 94 valence electrons. The van der Waals surface area contributed by atoms with E-state index in [0.717, 1.165) is 0 Å². The molecule has 0 saturated heterocycles. The van der Waals surface area contributed by atoms with E-state index in [4.69, 9.17) is 11.5 Å². The van der Waals surface area contributed by atoms with Gasteiger partial charge in [-0.05, 0) is 6.92 Å². The lowest BCUT2D eigenvalue weighted by Crippen LogP contribution is -2.38. The molecule has 0 atom stereocenters. The van der Waals surface area contributed by atoms with E-state index in [1.165, 1.54) is 15.8 Å². The number of primary amides is 1. The number of rotatable bonds is 6. The van der Waals surface area contributed by atoms with Gasteiger partial charge in [-0.15, -0.1) is 5.10 Å². The molecule has 0 aliphatic heterocycles. The van der Waals surface area contributed by atoms with Crippen molar-refractivity contribution in [3.8, 4) is 0 Å². The van der Waals surface area contributed by atoms with Crippen LogP contribution in [0.25, 0.3) is 0 Å². The molecule has 1 aromatic rings. The normalized spacial score (nSPS) is 10.2. The van der Waals surface area contributed by atoms with Crippen LogP contribution in [0.2, 0.25) is 0 Å². The third-order valence-corrected chi connectivity index (χ3v) is 2.13. The van der Waals surface area contributed by atoms with E-state index in [0.29, 0.717) is 19.6 Å². The van der Waals surface area contributed by atoms with Gasteiger partial charge in [0.15, 0.2) is 5.69 Å². The molecular formula is C9H16N6O2. The highest BCUT2D eigenvalue weighted by Crippen LogP contribution is 2.00. The molecule has 0 spiro atoms. The average molecular weight is 240 g/mol. The smallest absolute Gasteiger partial charge is 0.276 e. The van der Waals surface area contributed by atoms with Crippen LogP contribution in [-0.4, -0.2) is 51.3 Å². The van der Waals surface area contributed by atoms with E-state index >= 15 is 0 Å². The summed E-state index contributed by atoms with van der Waals surface area (Å²) in [5, 5.41) is 7.47. The number of aromatic nitrogens is 3. The van der Waals surface area contributed by atoms with Crippen LogP contribution in [-0.2, 0) is 11.3 Å². The van der Waals surface area contributed by atoms with Crippen LogP contribution < -0.4 is 11.5 Å². The van der Waals surface area contributed by atoms with Gasteiger partial charge < -0.3 is 16.4 Å². The van der Waals surface area contributed by atoms with E-state index in [2.05, 4.69) is 10.3 Å². The maximum Gasteiger partial charge on any atom is 0.276 e. The second-order valence-electron chi connectivity index (χ2n) is 3.44. The van der Waals surface area contributed by atoms with Gasteiger partial charge in [0.2, 0.25) is 5.91 Å². The average Bonchev–Trinajstić information content (AvgIpc) is 2.74. The largest absolute Gasteiger partial charge is 0.368 e. The molecule has 8 nitrogen and oxygen atoms in total. The van der Waals surface area contributed by atoms with Crippen molar-refractivity contribution in [1.29, 1.82) is 0 Å². The van der Waals surface area contributed by atoms with Gasteiger partial charge >= 0.3 is 0 Å². The van der Waals surface area contributed by atoms with Crippen LogP contribution in [0.15, 0.2) is 6.20 Å². The van der Waals surface area contributed by atoms with Crippen molar-refractivity contribution in [3.63, 3.8) is 0 Å². The van der Waals surface area contributed by atoms with Crippen LogP contribution in [0.1, 0.15) is 17.4 Å². The first-order valence-corrected chi connectivity index (χ1v) is 5.26. The van der Waals surface area contributed by atoms with Gasteiger partial charge in [-0.2, -0.15) is 0 Å². The van der Waals surface area contributed by atoms with E-state index < -0.39 is 5.91 Å². The summed E-state index contributed by atoms with van der Waals surface area (Å²) >= 11 is 0. The molecule has 1 aromatic heterocycles. The van der Waals surface area contributed by atoms with Gasteiger partial charge in [-0.25, -0.2) is 0 Å². The van der Waals surface area contributed by atoms with Crippen molar-refractivity contribution in [2.45, 2.75) is 13.5 Å². The molecule has 0 bridgehead atoms. The number of hydrogen-bond acceptors (Lipinski definition) is 5. The fraction of sp³-hybridized carbons (Fsp3) is 0.556. The predicted octanol–water partition coefficient (Wildman–Crippen LogP) is -1.82. The fourth-order valence-electron chi connectivity index (χ4n) is 1.32. The molecule has 1 heterocycles. The second-order valence-corrected chi connectivity index (χ2v) is 3.44. The molecule has 0 saturated carbocycles. The van der Waals surface area contributed by atoms with Crippen molar-refractivity contribution in [2.75, 3.05) is 19.6 Å². The lowest BCUT2D eigenvalue weighted by molar-refractivity contribution is -0.118. The van der Waals surface area contributed by atoms with Crippen LogP contribution >= 0.6 is 0 Å². The number of carbonyl (C=O) groups excluding carboxylic acids is 2. The van der Waals surface area contributed by atoms with Gasteiger partial charge in [0, 0.05) is 13.1 Å². The minimum atomic E-state index is -0.561. The SMILES string of the molecule is CCN(CC(N)=O)C(=O)c1cn(CCN)nn1. The Hall–Kier alpha value is -1.96. The molecule has 4 N–H and O–H groups in total. The molecule has 0 aromatic carbocycles. The van der Waals surface area contributed by atoms with Crippen molar-refractivity contribution < 1.29 is 9.59 Å². The molecule has 0 aliphatic carbocycles. The number of carbonyl (C=O) groups is 2. The van der Waals surface area contributed by atoms with E-state index in [1.807, 2.05) is 0 Å². The van der Waals surface area contributed by atoms with Crippen molar-refractivity contribution in [2.24, 2.45) is 11.5 Å². The van der Waals surface area contributed by atoms with Gasteiger partial charge in [-0.1, -0.05) is 5.21 Å². The quantitative estimate of drug-likeness (QED) is 0.606. The van der Waals surface area contributed by atoms with Crippen LogP contribution in [0.4, 0.5) is 0 Å². The van der Waals surface area contributed by atoms with Gasteiger partial charge in [-0.3, -0.25) is 14.3 Å². The third kappa shape index (κ3) is 3.52. The van der Waals surface area contributed by atoms with Gasteiger partial charge in [0.05, 0.1) is 19.3 Å². The number of likely N-dealkylation sites (N-methyl/N-ethyl adjacent to an activating group) is 1. The molecule has 0 fully saturated rings. The van der Waals surface area contributed by atoms with Gasteiger partial charge in [0.1, 0.15) is 0 Å². The summed E-state index contributed by atoms with van der Waals surface area (Å²) in [6.07, 6.45) is 1.50. The fourth-order valence-corrected chi connectivity index (χ4v) is 1.32. The Labute approximate surface area is 98.5 Å². The summed E-state index contributed by atoms with van der Waals surface area (Å²) in [5.74, 6) is -0.927. The maximum absolute atomic E-state index is 11.9. The minimum absolute atomic E-state index is 0.126. The highest BCUT2D eigenvalue weighted by molar-refractivity contribution is 5.94. The zero-order valence-corrected chi connectivity index (χ0v) is 9.67. The zero-order valence-electron chi connectivity index (χ0n) is 9.67. The lowest BCUT2D eigenvalue weighted by Gasteiger charge is -2.16. The van der Waals surface area contributed by atoms with Crippen molar-refractivity contribution in [1.82, 2.24) is 19.9 Å². The summed E-state index contributed by atoms with van der Waals surface area (Å²) in [6.45, 7) is 2.91.